The zero-order chi connectivity index (χ0) is 13.0. The van der Waals surface area contributed by atoms with Gasteiger partial charge in [-0.05, 0) is 31.0 Å². The van der Waals surface area contributed by atoms with E-state index >= 15 is 0 Å². The predicted molar refractivity (Wildman–Crippen MR) is 75.4 cm³/mol. The minimum Gasteiger partial charge on any atom is -0.394 e. The number of benzene rings is 1. The summed E-state index contributed by atoms with van der Waals surface area (Å²) in [6, 6.07) is 7.75. The van der Waals surface area contributed by atoms with E-state index in [4.69, 9.17) is 5.26 Å². The third-order valence-electron chi connectivity index (χ3n) is 3.62. The molecule has 0 amide bonds. The number of halogens is 1. The van der Waals surface area contributed by atoms with Crippen LogP contribution in [0, 0.1) is 11.3 Å². The van der Waals surface area contributed by atoms with Crippen LogP contribution in [0.4, 0.5) is 5.69 Å². The standard InChI is InChI=1S/C14H17BrN2O/c15-12-5-4-11(9-16)13(8-12)17-14(10-18)6-2-1-3-7-14/h4-5,8,17-18H,1-3,6-7,10H2. The van der Waals surface area contributed by atoms with Gasteiger partial charge in [0.1, 0.15) is 6.07 Å². The van der Waals surface area contributed by atoms with Crippen molar-refractivity contribution in [2.75, 3.05) is 11.9 Å². The highest BCUT2D eigenvalue weighted by Gasteiger charge is 2.31. The fourth-order valence-electron chi connectivity index (χ4n) is 2.55. The molecule has 1 saturated carbocycles. The summed E-state index contributed by atoms with van der Waals surface area (Å²) in [6.07, 6.45) is 5.40. The summed E-state index contributed by atoms with van der Waals surface area (Å²) >= 11 is 3.42. The van der Waals surface area contributed by atoms with Crippen LogP contribution in [0.1, 0.15) is 37.7 Å². The van der Waals surface area contributed by atoms with Gasteiger partial charge in [0.2, 0.25) is 0 Å². The van der Waals surface area contributed by atoms with E-state index < -0.39 is 0 Å². The van der Waals surface area contributed by atoms with Crippen LogP contribution in [0.2, 0.25) is 0 Å². The molecule has 4 heteroatoms. The van der Waals surface area contributed by atoms with Crippen molar-refractivity contribution in [1.29, 1.82) is 5.26 Å². The second kappa shape index (κ2) is 5.73. The average molecular weight is 309 g/mol. The number of anilines is 1. The van der Waals surface area contributed by atoms with E-state index in [1.165, 1.54) is 6.42 Å². The van der Waals surface area contributed by atoms with Crippen molar-refractivity contribution < 1.29 is 5.11 Å². The minimum atomic E-state index is -0.259. The van der Waals surface area contributed by atoms with Crippen LogP contribution in [-0.2, 0) is 0 Å². The number of nitrogens with one attached hydrogen (secondary N) is 1. The van der Waals surface area contributed by atoms with E-state index in [9.17, 15) is 5.11 Å². The van der Waals surface area contributed by atoms with Crippen molar-refractivity contribution >= 4 is 21.6 Å². The van der Waals surface area contributed by atoms with Crippen LogP contribution in [0.15, 0.2) is 22.7 Å². The Kier molecular flexibility index (Phi) is 4.26. The van der Waals surface area contributed by atoms with Crippen molar-refractivity contribution in [3.05, 3.63) is 28.2 Å². The minimum absolute atomic E-state index is 0.115. The molecule has 0 bridgehead atoms. The highest BCUT2D eigenvalue weighted by atomic mass is 79.9. The topological polar surface area (TPSA) is 56.0 Å². The molecule has 3 nitrogen and oxygen atoms in total. The van der Waals surface area contributed by atoms with E-state index in [1.807, 2.05) is 12.1 Å². The molecule has 1 aromatic carbocycles. The molecule has 1 aliphatic rings. The monoisotopic (exact) mass is 308 g/mol. The first-order valence-electron chi connectivity index (χ1n) is 6.28. The Morgan fingerprint density at radius 1 is 1.33 bits per heavy atom. The van der Waals surface area contributed by atoms with Crippen LogP contribution in [-0.4, -0.2) is 17.3 Å². The Bertz CT molecular complexity index is 461. The highest BCUT2D eigenvalue weighted by Crippen LogP contribution is 2.33. The molecular weight excluding hydrogens is 292 g/mol. The van der Waals surface area contributed by atoms with Crippen LogP contribution in [0.25, 0.3) is 0 Å². The van der Waals surface area contributed by atoms with Gasteiger partial charge in [0.15, 0.2) is 0 Å². The number of aliphatic hydroxyl groups is 1. The molecule has 1 aliphatic carbocycles. The smallest absolute Gasteiger partial charge is 0.101 e. The molecule has 0 spiro atoms. The molecule has 1 fully saturated rings. The van der Waals surface area contributed by atoms with Gasteiger partial charge in [-0.3, -0.25) is 0 Å². The SMILES string of the molecule is N#Cc1ccc(Br)cc1NC1(CO)CCCCC1. The lowest BCUT2D eigenvalue weighted by molar-refractivity contribution is 0.173. The van der Waals surface area contributed by atoms with Crippen molar-refractivity contribution in [3.63, 3.8) is 0 Å². The maximum absolute atomic E-state index is 9.68. The maximum atomic E-state index is 9.68. The van der Waals surface area contributed by atoms with Crippen LogP contribution >= 0.6 is 15.9 Å². The van der Waals surface area contributed by atoms with E-state index in [1.54, 1.807) is 6.07 Å². The van der Waals surface area contributed by atoms with Gasteiger partial charge in [-0.15, -0.1) is 0 Å². The average Bonchev–Trinajstić information content (AvgIpc) is 2.40. The van der Waals surface area contributed by atoms with Crippen LogP contribution in [0.3, 0.4) is 0 Å². The number of hydrogen-bond acceptors (Lipinski definition) is 3. The number of aliphatic hydroxyl groups excluding tert-OH is 1. The molecule has 2 N–H and O–H groups in total. The molecule has 0 saturated heterocycles. The Labute approximate surface area is 116 Å². The van der Waals surface area contributed by atoms with Crippen LogP contribution in [0.5, 0.6) is 0 Å². The van der Waals surface area contributed by atoms with Crippen molar-refractivity contribution in [3.8, 4) is 6.07 Å². The maximum Gasteiger partial charge on any atom is 0.101 e. The fraction of sp³-hybridized carbons (Fsp3) is 0.500. The molecule has 1 aromatic rings. The lowest BCUT2D eigenvalue weighted by Crippen LogP contribution is -2.44. The van der Waals surface area contributed by atoms with Gasteiger partial charge in [-0.2, -0.15) is 5.26 Å². The lowest BCUT2D eigenvalue weighted by Gasteiger charge is -2.37. The second-order valence-corrected chi connectivity index (χ2v) is 5.84. The molecule has 0 aromatic heterocycles. The largest absolute Gasteiger partial charge is 0.394 e. The first-order valence-corrected chi connectivity index (χ1v) is 7.07. The third kappa shape index (κ3) is 2.85. The molecule has 0 atom stereocenters. The van der Waals surface area contributed by atoms with E-state index in [2.05, 4.69) is 27.3 Å². The Morgan fingerprint density at radius 3 is 2.67 bits per heavy atom. The van der Waals surface area contributed by atoms with E-state index in [0.717, 1.165) is 35.8 Å². The van der Waals surface area contributed by atoms with Gasteiger partial charge in [-0.25, -0.2) is 0 Å². The molecule has 0 unspecified atom stereocenters. The van der Waals surface area contributed by atoms with Gasteiger partial charge < -0.3 is 10.4 Å². The molecule has 2 rings (SSSR count). The second-order valence-electron chi connectivity index (χ2n) is 4.93. The van der Waals surface area contributed by atoms with Gasteiger partial charge >= 0.3 is 0 Å². The normalized spacial score (nSPS) is 18.1. The van der Waals surface area contributed by atoms with Gasteiger partial charge in [0, 0.05) is 4.47 Å². The van der Waals surface area contributed by atoms with E-state index in [-0.39, 0.29) is 12.1 Å². The van der Waals surface area contributed by atoms with Crippen molar-refractivity contribution in [2.45, 2.75) is 37.6 Å². The Balaban J connectivity index is 2.26. The van der Waals surface area contributed by atoms with Gasteiger partial charge in [0.25, 0.3) is 0 Å². The lowest BCUT2D eigenvalue weighted by atomic mass is 9.82. The highest BCUT2D eigenvalue weighted by molar-refractivity contribution is 9.10. The predicted octanol–water partition coefficient (Wildman–Crippen LogP) is 3.43. The zero-order valence-corrected chi connectivity index (χ0v) is 11.8. The first kappa shape index (κ1) is 13.4. The van der Waals surface area contributed by atoms with Gasteiger partial charge in [0.05, 0.1) is 23.4 Å². The number of nitrogens with zero attached hydrogens (tertiary/aromatic N) is 1. The third-order valence-corrected chi connectivity index (χ3v) is 4.11. The summed E-state index contributed by atoms with van der Waals surface area (Å²) in [5.41, 5.74) is 1.17. The van der Waals surface area contributed by atoms with Crippen molar-refractivity contribution in [2.24, 2.45) is 0 Å². The van der Waals surface area contributed by atoms with E-state index in [0.29, 0.717) is 5.56 Å². The molecule has 0 aliphatic heterocycles. The number of nitriles is 1. The summed E-state index contributed by atoms with van der Waals surface area (Å²) in [5, 5.41) is 22.2. The van der Waals surface area contributed by atoms with Crippen LogP contribution < -0.4 is 5.32 Å². The summed E-state index contributed by atoms with van der Waals surface area (Å²) in [5.74, 6) is 0. The quantitative estimate of drug-likeness (QED) is 0.899. The Hall–Kier alpha value is -1.05. The van der Waals surface area contributed by atoms with Gasteiger partial charge in [-0.1, -0.05) is 35.2 Å². The molecular formula is C14H17BrN2O. The molecule has 18 heavy (non-hydrogen) atoms. The summed E-state index contributed by atoms with van der Waals surface area (Å²) in [6.45, 7) is 0.115. The molecule has 0 heterocycles. The Morgan fingerprint density at radius 2 is 2.06 bits per heavy atom. The fourth-order valence-corrected chi connectivity index (χ4v) is 2.92. The summed E-state index contributed by atoms with van der Waals surface area (Å²) in [7, 11) is 0. The zero-order valence-electron chi connectivity index (χ0n) is 10.2. The summed E-state index contributed by atoms with van der Waals surface area (Å²) in [4.78, 5) is 0. The first-order chi connectivity index (χ1) is 8.69. The number of hydrogen-bond donors (Lipinski definition) is 2. The number of rotatable bonds is 3. The summed E-state index contributed by atoms with van der Waals surface area (Å²) < 4.78 is 0.938. The molecule has 96 valence electrons. The molecule has 0 radical (unpaired) electrons. The van der Waals surface area contributed by atoms with Crippen molar-refractivity contribution in [1.82, 2.24) is 0 Å².